The molecule has 430 valence electrons. The van der Waals surface area contributed by atoms with Crippen LogP contribution in [0.3, 0.4) is 0 Å². The first-order valence-electron chi connectivity index (χ1n) is 29.8. The average Bonchev–Trinajstić information content (AvgIpc) is 1.84. The molecular formula is C75H78N8O2. The Kier molecular flexibility index (Phi) is 13.0. The van der Waals surface area contributed by atoms with Crippen LogP contribution in [0, 0.1) is 0 Å². The molecule has 10 aromatic rings. The second-order valence-electron chi connectivity index (χ2n) is 29.8. The fraction of sp³-hybridized carbons (Fsp3) is 0.320. The van der Waals surface area contributed by atoms with E-state index in [-0.39, 0.29) is 38.1 Å². The molecule has 10 nitrogen and oxygen atoms in total. The molecule has 0 atom stereocenters. The van der Waals surface area contributed by atoms with Crippen LogP contribution in [0.1, 0.15) is 168 Å². The van der Waals surface area contributed by atoms with Gasteiger partial charge in [-0.15, -0.1) is 0 Å². The number of nitrogens with zero attached hydrogens (tertiary/aromatic N) is 6. The van der Waals surface area contributed by atoms with Gasteiger partial charge in [0.15, 0.2) is 23.3 Å². The minimum atomic E-state index is -1.05. The highest BCUT2D eigenvalue weighted by Crippen LogP contribution is 2.47. The molecule has 0 saturated carbocycles. The number of benzene rings is 7. The third-order valence-electron chi connectivity index (χ3n) is 17.1. The average molecular weight is 1120 g/mol. The second-order valence-corrected chi connectivity index (χ2v) is 29.8. The van der Waals surface area contributed by atoms with Crippen molar-refractivity contribution in [3.05, 3.63) is 166 Å². The van der Waals surface area contributed by atoms with Crippen molar-refractivity contribution in [2.24, 2.45) is 0 Å². The van der Waals surface area contributed by atoms with Crippen LogP contribution in [0.25, 0.3) is 123 Å². The Morgan fingerprint density at radius 3 is 1.07 bits per heavy atom. The van der Waals surface area contributed by atoms with Gasteiger partial charge in [0.1, 0.15) is 22.6 Å². The van der Waals surface area contributed by atoms with Gasteiger partial charge in [-0.1, -0.05) is 234 Å². The summed E-state index contributed by atoms with van der Waals surface area (Å²) in [5.41, 5.74) is 18.0. The molecule has 8 bridgehead atoms. The number of carboxylic acids is 1. The molecule has 10 heteroatoms. The summed E-state index contributed by atoms with van der Waals surface area (Å²) in [6, 6.07) is 45.0. The van der Waals surface area contributed by atoms with Crippen LogP contribution in [-0.4, -0.2) is 50.9 Å². The number of nitrogens with one attached hydrogen (secondary N) is 2. The molecule has 12 rings (SSSR count). The molecule has 3 N–H and O–H groups in total. The van der Waals surface area contributed by atoms with Crippen LogP contribution in [0.2, 0.25) is 0 Å². The maximum atomic E-state index is 12.9. The first-order valence-corrected chi connectivity index (χ1v) is 29.8. The predicted molar refractivity (Wildman–Crippen MR) is 352 cm³/mol. The lowest BCUT2D eigenvalue weighted by atomic mass is 9.78. The lowest BCUT2D eigenvalue weighted by Crippen LogP contribution is -2.16. The Hall–Kier alpha value is -8.63. The predicted octanol–water partition coefficient (Wildman–Crippen LogP) is 19.4. The van der Waals surface area contributed by atoms with Crippen molar-refractivity contribution in [3.63, 3.8) is 0 Å². The van der Waals surface area contributed by atoms with Gasteiger partial charge in [-0.3, -0.25) is 0 Å². The molecule has 3 aromatic heterocycles. The number of carboxylic acid groups (broad SMARTS) is 1. The minimum Gasteiger partial charge on any atom is -0.478 e. The Labute approximate surface area is 499 Å². The number of rotatable bonds is 4. The molecule has 2 aliphatic rings. The van der Waals surface area contributed by atoms with Crippen molar-refractivity contribution in [2.75, 3.05) is 0 Å². The first-order chi connectivity index (χ1) is 39.7. The smallest absolute Gasteiger partial charge is 0.335 e. The topological polar surface area (TPSA) is 146 Å². The van der Waals surface area contributed by atoms with Gasteiger partial charge in [-0.2, -0.15) is 0 Å². The molecule has 2 aliphatic heterocycles. The van der Waals surface area contributed by atoms with Gasteiger partial charge in [0.2, 0.25) is 0 Å². The van der Waals surface area contributed by atoms with Crippen LogP contribution < -0.4 is 0 Å². The van der Waals surface area contributed by atoms with Crippen LogP contribution in [0.4, 0.5) is 0 Å². The summed E-state index contributed by atoms with van der Waals surface area (Å²) in [7, 11) is 0. The summed E-state index contributed by atoms with van der Waals surface area (Å²) in [6.07, 6.45) is 0. The lowest BCUT2D eigenvalue weighted by molar-refractivity contribution is 0.0697. The van der Waals surface area contributed by atoms with E-state index in [1.807, 2.05) is 0 Å². The molecule has 0 saturated heterocycles. The Morgan fingerprint density at radius 2 is 0.659 bits per heavy atom. The van der Waals surface area contributed by atoms with Crippen molar-refractivity contribution in [1.29, 1.82) is 0 Å². The number of carbonyl (C=O) groups is 1. The fourth-order valence-corrected chi connectivity index (χ4v) is 11.7. The quantitative estimate of drug-likeness (QED) is 0.158. The highest BCUT2D eigenvalue weighted by atomic mass is 16.4. The highest BCUT2D eigenvalue weighted by molar-refractivity contribution is 6.13. The van der Waals surface area contributed by atoms with Gasteiger partial charge in [-0.05, 0) is 117 Å². The molecule has 0 radical (unpaired) electrons. The minimum absolute atomic E-state index is 0.118. The molecular weight excluding hydrogens is 1040 g/mol. The van der Waals surface area contributed by atoms with E-state index in [0.717, 1.165) is 66.4 Å². The van der Waals surface area contributed by atoms with E-state index in [4.69, 9.17) is 29.9 Å². The Bertz CT molecular complexity index is 4530. The van der Waals surface area contributed by atoms with Crippen molar-refractivity contribution in [2.45, 2.75) is 157 Å². The van der Waals surface area contributed by atoms with Crippen molar-refractivity contribution >= 4 is 50.1 Å². The van der Waals surface area contributed by atoms with Crippen molar-refractivity contribution < 1.29 is 9.90 Å². The summed E-state index contributed by atoms with van der Waals surface area (Å²) < 4.78 is 0. The number of hydrogen-bond acceptors (Lipinski definition) is 7. The molecule has 0 spiro atoms. The largest absolute Gasteiger partial charge is 0.478 e. The highest BCUT2D eigenvalue weighted by Gasteiger charge is 2.31. The summed E-state index contributed by atoms with van der Waals surface area (Å²) in [5.74, 6) is 0.783. The van der Waals surface area contributed by atoms with Crippen molar-refractivity contribution in [1.82, 2.24) is 39.9 Å². The van der Waals surface area contributed by atoms with Crippen LogP contribution >= 0.6 is 0 Å². The van der Waals surface area contributed by atoms with Crippen LogP contribution in [0.15, 0.2) is 127 Å². The zero-order valence-electron chi connectivity index (χ0n) is 52.7. The van der Waals surface area contributed by atoms with E-state index in [0.29, 0.717) is 56.7 Å². The van der Waals surface area contributed by atoms with Gasteiger partial charge in [0, 0.05) is 43.8 Å². The van der Waals surface area contributed by atoms with E-state index < -0.39 is 5.97 Å². The molecule has 85 heavy (non-hydrogen) atoms. The van der Waals surface area contributed by atoms with E-state index in [2.05, 4.69) is 244 Å². The first kappa shape index (κ1) is 56.8. The molecule has 7 aromatic carbocycles. The monoisotopic (exact) mass is 1120 g/mol. The summed E-state index contributed by atoms with van der Waals surface area (Å²) in [5, 5.41) is 13.5. The fourth-order valence-electron chi connectivity index (χ4n) is 11.7. The number of aromatic carboxylic acids is 1. The van der Waals surface area contributed by atoms with E-state index in [9.17, 15) is 9.90 Å². The molecule has 0 unspecified atom stereocenters. The summed E-state index contributed by atoms with van der Waals surface area (Å²) in [4.78, 5) is 53.4. The zero-order valence-corrected chi connectivity index (χ0v) is 52.7. The maximum absolute atomic E-state index is 12.9. The van der Waals surface area contributed by atoms with Gasteiger partial charge in [0.25, 0.3) is 0 Å². The van der Waals surface area contributed by atoms with Gasteiger partial charge in [0.05, 0.1) is 5.56 Å². The Morgan fingerprint density at radius 1 is 0.329 bits per heavy atom. The maximum Gasteiger partial charge on any atom is 0.335 e. The molecule has 0 fully saturated rings. The van der Waals surface area contributed by atoms with Crippen LogP contribution in [-0.2, 0) is 32.5 Å². The number of aromatic amines is 2. The number of H-pyrrole nitrogens is 2. The normalized spacial score (nSPS) is 13.2. The van der Waals surface area contributed by atoms with E-state index >= 15 is 0 Å². The number of fused-ring (bicyclic) bond motifs is 20. The summed E-state index contributed by atoms with van der Waals surface area (Å²) >= 11 is 0. The Balaban J connectivity index is 1.26. The number of hydrogen-bond donors (Lipinski definition) is 3. The van der Waals surface area contributed by atoms with Crippen LogP contribution in [0.5, 0.6) is 0 Å². The third kappa shape index (κ3) is 10.3. The summed E-state index contributed by atoms with van der Waals surface area (Å²) in [6.45, 7) is 40.7. The van der Waals surface area contributed by atoms with Gasteiger partial charge < -0.3 is 15.1 Å². The number of aromatic nitrogens is 8. The molecule has 5 heterocycles. The van der Waals surface area contributed by atoms with E-state index in [1.54, 1.807) is 18.2 Å². The molecule has 0 aliphatic carbocycles. The van der Waals surface area contributed by atoms with Gasteiger partial charge >= 0.3 is 5.97 Å². The molecule has 0 amide bonds. The SMILES string of the molecule is CC(C)(C)c1cc(-c2cccc3c2-c2nc-3nc3[nH]c(nc4nc(nc5[nH]c(n2)c2ccc(C(=O)O)cc52)-c2c(-c5cc(C(C)(C)C)cc(C(C)(C)C)c5)cccc2-4)c2c(-c4cc(C(C)(C)C)cc(C(C)(C)C)c4)cccc32)cc(C(C)(C)C)c1. The zero-order chi connectivity index (χ0) is 60.8. The third-order valence-corrected chi connectivity index (χ3v) is 17.1. The lowest BCUT2D eigenvalue weighted by Gasteiger charge is -2.26. The van der Waals surface area contributed by atoms with Gasteiger partial charge in [-0.25, -0.2) is 34.7 Å². The second kappa shape index (κ2) is 19.5. The van der Waals surface area contributed by atoms with Crippen molar-refractivity contribution in [3.8, 4) is 78.9 Å². The van der Waals surface area contributed by atoms with E-state index in [1.165, 1.54) is 33.4 Å². The standard InChI is InChI=1S/C75H78N8O2/c1-70(2,3)44-30-41(31-45(37-44)71(4,5)6)50-22-19-25-54-58(50)66-78-61-53-29-28-40(69(84)85)36-57(53)65(76-61)83-68-60-52(43-34-48(74(13,14)15)39-49(35-43)75(16,17)18)24-21-27-56(60)64(82-68)81-67-59-51(23-20-26-55(59)63(80-67)77-62(54)79-66)42-32-46(72(7,8)9)38-47(33-42)73(10,11)12/h19-39H,1-18H3,(H,84,85)(H2,76,77,78,79,80,81,82,83).